The maximum Gasteiger partial charge on any atom is 0.343 e. The average molecular weight is 267 g/mol. The normalized spacial score (nSPS) is 10.1. The molecular weight excluding hydrogens is 250 g/mol. The van der Waals surface area contributed by atoms with E-state index in [0.717, 1.165) is 0 Å². The molecule has 0 aliphatic heterocycles. The third-order valence-electron chi connectivity index (χ3n) is 2.43. The fourth-order valence-corrected chi connectivity index (χ4v) is 1.52. The van der Waals surface area contributed by atoms with Crippen LogP contribution >= 0.6 is 0 Å². The third kappa shape index (κ3) is 3.43. The molecule has 1 rings (SSSR count). The van der Waals surface area contributed by atoms with E-state index in [2.05, 4.69) is 0 Å². The van der Waals surface area contributed by atoms with E-state index in [1.54, 1.807) is 18.4 Å². The van der Waals surface area contributed by atoms with Crippen molar-refractivity contribution in [1.82, 2.24) is 4.57 Å². The molecule has 0 atom stereocenters. The van der Waals surface area contributed by atoms with Crippen LogP contribution < -0.4 is 5.43 Å². The van der Waals surface area contributed by atoms with Gasteiger partial charge in [0.25, 0.3) is 0 Å². The Balaban J connectivity index is 3.32. The summed E-state index contributed by atoms with van der Waals surface area (Å²) in [6.45, 7) is 5.95. The van der Waals surface area contributed by atoms with Gasteiger partial charge in [0.05, 0.1) is 13.2 Å². The summed E-state index contributed by atoms with van der Waals surface area (Å²) in [5.41, 5.74) is -0.981. The maximum absolute atomic E-state index is 12.1. The first-order valence-electron chi connectivity index (χ1n) is 6.13. The Morgan fingerprint density at radius 3 is 1.74 bits per heavy atom. The van der Waals surface area contributed by atoms with Crippen LogP contribution in [0.15, 0.2) is 17.2 Å². The molecule has 1 heterocycles. The van der Waals surface area contributed by atoms with Crippen LogP contribution in [0.2, 0.25) is 0 Å². The van der Waals surface area contributed by atoms with Gasteiger partial charge in [-0.25, -0.2) is 9.59 Å². The molecule has 1 aromatic heterocycles. The molecule has 104 valence electrons. The zero-order valence-electron chi connectivity index (χ0n) is 11.3. The first kappa shape index (κ1) is 14.9. The summed E-state index contributed by atoms with van der Waals surface area (Å²) in [4.78, 5) is 35.4. The molecule has 19 heavy (non-hydrogen) atoms. The zero-order chi connectivity index (χ0) is 14.4. The highest BCUT2D eigenvalue weighted by molar-refractivity contribution is 5.94. The summed E-state index contributed by atoms with van der Waals surface area (Å²) in [5.74, 6) is -1.47. The Morgan fingerprint density at radius 2 is 1.42 bits per heavy atom. The van der Waals surface area contributed by atoms with E-state index in [0.29, 0.717) is 6.54 Å². The fraction of sp³-hybridized carbons (Fsp3) is 0.462. The van der Waals surface area contributed by atoms with Crippen molar-refractivity contribution in [2.45, 2.75) is 27.3 Å². The smallest absolute Gasteiger partial charge is 0.343 e. The van der Waals surface area contributed by atoms with Gasteiger partial charge in [-0.05, 0) is 20.8 Å². The minimum Gasteiger partial charge on any atom is -0.462 e. The number of hydrogen-bond acceptors (Lipinski definition) is 5. The second-order valence-corrected chi connectivity index (χ2v) is 3.69. The van der Waals surface area contributed by atoms with E-state index in [1.807, 2.05) is 6.92 Å². The van der Waals surface area contributed by atoms with Crippen molar-refractivity contribution in [3.05, 3.63) is 33.7 Å². The van der Waals surface area contributed by atoms with E-state index in [-0.39, 0.29) is 24.3 Å². The minimum absolute atomic E-state index is 0.158. The number of carbonyl (C=O) groups is 2. The fourth-order valence-electron chi connectivity index (χ4n) is 1.52. The summed E-state index contributed by atoms with van der Waals surface area (Å²) < 4.78 is 11.2. The molecule has 1 aromatic rings. The lowest BCUT2D eigenvalue weighted by molar-refractivity contribution is 0.0520. The topological polar surface area (TPSA) is 74.6 Å². The number of carbonyl (C=O) groups excluding carboxylic acids is 2. The van der Waals surface area contributed by atoms with Gasteiger partial charge in [-0.2, -0.15) is 0 Å². The molecule has 0 amide bonds. The minimum atomic E-state index is -0.735. The molecule has 0 saturated heterocycles. The van der Waals surface area contributed by atoms with Crippen molar-refractivity contribution in [2.75, 3.05) is 13.2 Å². The van der Waals surface area contributed by atoms with Gasteiger partial charge < -0.3 is 14.0 Å². The van der Waals surface area contributed by atoms with Gasteiger partial charge in [0.15, 0.2) is 0 Å². The number of ether oxygens (including phenoxy) is 2. The summed E-state index contributed by atoms with van der Waals surface area (Å²) in [7, 11) is 0. The highest BCUT2D eigenvalue weighted by atomic mass is 16.5. The molecule has 0 spiro atoms. The van der Waals surface area contributed by atoms with Gasteiger partial charge in [0, 0.05) is 18.9 Å². The molecular formula is C13H17NO5. The number of rotatable bonds is 5. The lowest BCUT2D eigenvalue weighted by Gasteiger charge is -2.09. The number of aromatic nitrogens is 1. The van der Waals surface area contributed by atoms with E-state index >= 15 is 0 Å². The Kier molecular flexibility index (Phi) is 5.29. The Labute approximate surface area is 110 Å². The lowest BCUT2D eigenvalue weighted by atomic mass is 10.2. The van der Waals surface area contributed by atoms with Crippen LogP contribution in [0.1, 0.15) is 41.5 Å². The van der Waals surface area contributed by atoms with E-state index < -0.39 is 17.4 Å². The second kappa shape index (κ2) is 6.72. The largest absolute Gasteiger partial charge is 0.462 e. The van der Waals surface area contributed by atoms with Gasteiger partial charge in [0.2, 0.25) is 5.43 Å². The highest BCUT2D eigenvalue weighted by Crippen LogP contribution is 2.03. The Bertz CT molecular complexity index is 490. The Morgan fingerprint density at radius 1 is 1.00 bits per heavy atom. The van der Waals surface area contributed by atoms with E-state index in [4.69, 9.17) is 9.47 Å². The van der Waals surface area contributed by atoms with Crippen LogP contribution in [-0.2, 0) is 16.0 Å². The highest BCUT2D eigenvalue weighted by Gasteiger charge is 2.20. The summed E-state index contributed by atoms with van der Waals surface area (Å²) in [5, 5.41) is 0. The molecule has 0 bridgehead atoms. The number of nitrogens with zero attached hydrogens (tertiary/aromatic N) is 1. The molecule has 0 aromatic carbocycles. The van der Waals surface area contributed by atoms with Crippen LogP contribution in [0.4, 0.5) is 0 Å². The summed E-state index contributed by atoms with van der Waals surface area (Å²) in [6.07, 6.45) is 2.76. The van der Waals surface area contributed by atoms with Gasteiger partial charge in [-0.1, -0.05) is 0 Å². The van der Waals surface area contributed by atoms with Crippen molar-refractivity contribution in [2.24, 2.45) is 0 Å². The summed E-state index contributed by atoms with van der Waals surface area (Å²) >= 11 is 0. The van der Waals surface area contributed by atoms with Crippen LogP contribution in [0, 0.1) is 0 Å². The standard InChI is InChI=1S/C13H17NO5/c1-4-14-7-9(12(16)18-5-2)11(15)10(8-14)13(17)19-6-3/h7-8H,4-6H2,1-3H3. The molecule has 0 radical (unpaired) electrons. The third-order valence-corrected chi connectivity index (χ3v) is 2.43. The number of aryl methyl sites for hydroxylation is 1. The molecule has 0 fully saturated rings. The second-order valence-electron chi connectivity index (χ2n) is 3.69. The summed E-state index contributed by atoms with van der Waals surface area (Å²) in [6, 6.07) is 0. The van der Waals surface area contributed by atoms with Crippen LogP contribution in [-0.4, -0.2) is 29.7 Å². The average Bonchev–Trinajstić information content (AvgIpc) is 2.39. The molecule has 0 aliphatic carbocycles. The monoisotopic (exact) mass is 267 g/mol. The molecule has 0 unspecified atom stereocenters. The van der Waals surface area contributed by atoms with Crippen molar-refractivity contribution < 1.29 is 19.1 Å². The number of esters is 2. The van der Waals surface area contributed by atoms with Crippen molar-refractivity contribution in [3.63, 3.8) is 0 Å². The van der Waals surface area contributed by atoms with Crippen LogP contribution in [0.25, 0.3) is 0 Å². The molecule has 6 nitrogen and oxygen atoms in total. The quantitative estimate of drug-likeness (QED) is 0.750. The van der Waals surface area contributed by atoms with Crippen molar-refractivity contribution in [3.8, 4) is 0 Å². The first-order valence-corrected chi connectivity index (χ1v) is 6.13. The van der Waals surface area contributed by atoms with E-state index in [1.165, 1.54) is 12.4 Å². The van der Waals surface area contributed by atoms with Gasteiger partial charge in [-0.15, -0.1) is 0 Å². The van der Waals surface area contributed by atoms with Gasteiger partial charge in [-0.3, -0.25) is 4.79 Å². The predicted octanol–water partition coefficient (Wildman–Crippen LogP) is 1.22. The Hall–Kier alpha value is -2.11. The van der Waals surface area contributed by atoms with Crippen LogP contribution in [0.3, 0.4) is 0 Å². The molecule has 0 saturated carbocycles. The van der Waals surface area contributed by atoms with E-state index in [9.17, 15) is 14.4 Å². The van der Waals surface area contributed by atoms with Crippen molar-refractivity contribution >= 4 is 11.9 Å². The SMILES string of the molecule is CCOC(=O)c1cn(CC)cc(C(=O)OCC)c1=O. The maximum atomic E-state index is 12.1. The van der Waals surface area contributed by atoms with Gasteiger partial charge in [0.1, 0.15) is 11.1 Å². The van der Waals surface area contributed by atoms with Crippen LogP contribution in [0.5, 0.6) is 0 Å². The van der Waals surface area contributed by atoms with Crippen molar-refractivity contribution in [1.29, 1.82) is 0 Å². The molecule has 0 aliphatic rings. The molecule has 0 N–H and O–H groups in total. The lowest BCUT2D eigenvalue weighted by Crippen LogP contribution is -2.26. The zero-order valence-corrected chi connectivity index (χ0v) is 11.3. The number of hydrogen-bond donors (Lipinski definition) is 0. The molecule has 6 heteroatoms. The first-order chi connectivity index (χ1) is 9.04. The van der Waals surface area contributed by atoms with Gasteiger partial charge >= 0.3 is 11.9 Å². The predicted molar refractivity (Wildman–Crippen MR) is 68.3 cm³/mol. The number of pyridine rings is 1.